The third-order valence-corrected chi connectivity index (χ3v) is 3.42. The van der Waals surface area contributed by atoms with Crippen LogP contribution in [0.3, 0.4) is 0 Å². The Morgan fingerprint density at radius 3 is 2.87 bits per heavy atom. The molecule has 0 aliphatic carbocycles. The lowest BCUT2D eigenvalue weighted by Gasteiger charge is -2.09. The standard InChI is InChI=1S/C16H17N5O2/c1-20-9-13(8-18-20)6-7-23-16(22)15-5-3-2-4-14(15)10-21-12-17-11-19-21/h2-5,8-9,11-12H,6-7,10H2,1H3. The molecule has 0 radical (unpaired) electrons. The van der Waals surface area contributed by atoms with Crippen LogP contribution in [0.25, 0.3) is 0 Å². The highest BCUT2D eigenvalue weighted by atomic mass is 16.5. The summed E-state index contributed by atoms with van der Waals surface area (Å²) < 4.78 is 8.78. The van der Waals surface area contributed by atoms with Crippen molar-refractivity contribution in [3.8, 4) is 0 Å². The number of benzene rings is 1. The van der Waals surface area contributed by atoms with Crippen LogP contribution in [0, 0.1) is 0 Å². The third kappa shape index (κ3) is 3.82. The molecule has 0 saturated carbocycles. The second-order valence-electron chi connectivity index (χ2n) is 5.16. The number of aryl methyl sites for hydroxylation is 1. The Hall–Kier alpha value is -2.96. The molecule has 0 N–H and O–H groups in total. The van der Waals surface area contributed by atoms with Crippen molar-refractivity contribution in [2.45, 2.75) is 13.0 Å². The zero-order valence-corrected chi connectivity index (χ0v) is 12.8. The van der Waals surface area contributed by atoms with Crippen molar-refractivity contribution in [3.63, 3.8) is 0 Å². The van der Waals surface area contributed by atoms with Gasteiger partial charge in [0.1, 0.15) is 12.7 Å². The van der Waals surface area contributed by atoms with Crippen LogP contribution in [-0.4, -0.2) is 37.1 Å². The highest BCUT2D eigenvalue weighted by Gasteiger charge is 2.13. The highest BCUT2D eigenvalue weighted by Crippen LogP contribution is 2.12. The number of carbonyl (C=O) groups is 1. The van der Waals surface area contributed by atoms with E-state index >= 15 is 0 Å². The van der Waals surface area contributed by atoms with Crippen LogP contribution in [0.1, 0.15) is 21.5 Å². The summed E-state index contributed by atoms with van der Waals surface area (Å²) in [6, 6.07) is 7.36. The van der Waals surface area contributed by atoms with E-state index in [0.29, 0.717) is 25.1 Å². The van der Waals surface area contributed by atoms with Crippen molar-refractivity contribution in [2.24, 2.45) is 7.05 Å². The zero-order chi connectivity index (χ0) is 16.1. The molecule has 3 aromatic rings. The van der Waals surface area contributed by atoms with Crippen LogP contribution in [0.4, 0.5) is 0 Å². The molecule has 0 atom stereocenters. The number of nitrogens with zero attached hydrogens (tertiary/aromatic N) is 5. The predicted octanol–water partition coefficient (Wildman–Crippen LogP) is 1.46. The quantitative estimate of drug-likeness (QED) is 0.644. The third-order valence-electron chi connectivity index (χ3n) is 3.42. The van der Waals surface area contributed by atoms with Gasteiger partial charge in [-0.2, -0.15) is 10.2 Å². The van der Waals surface area contributed by atoms with Gasteiger partial charge in [-0.15, -0.1) is 0 Å². The molecular formula is C16H17N5O2. The van der Waals surface area contributed by atoms with Crippen LogP contribution in [-0.2, 0) is 24.8 Å². The Bertz CT molecular complexity index is 779. The van der Waals surface area contributed by atoms with E-state index < -0.39 is 0 Å². The Kier molecular flexibility index (Phi) is 4.46. The molecule has 2 heterocycles. The number of hydrogen-bond acceptors (Lipinski definition) is 5. The van der Waals surface area contributed by atoms with Crippen LogP contribution < -0.4 is 0 Å². The number of hydrogen-bond donors (Lipinski definition) is 0. The van der Waals surface area contributed by atoms with Gasteiger partial charge < -0.3 is 4.74 Å². The number of ether oxygens (including phenoxy) is 1. The van der Waals surface area contributed by atoms with E-state index in [2.05, 4.69) is 15.2 Å². The zero-order valence-electron chi connectivity index (χ0n) is 12.8. The van der Waals surface area contributed by atoms with Crippen LogP contribution in [0.15, 0.2) is 49.3 Å². The maximum absolute atomic E-state index is 12.3. The van der Waals surface area contributed by atoms with E-state index in [1.807, 2.05) is 31.4 Å². The largest absolute Gasteiger partial charge is 0.462 e. The van der Waals surface area contributed by atoms with E-state index in [4.69, 9.17) is 4.74 Å². The molecule has 3 rings (SSSR count). The van der Waals surface area contributed by atoms with Gasteiger partial charge in [0.15, 0.2) is 0 Å². The Morgan fingerprint density at radius 1 is 1.26 bits per heavy atom. The van der Waals surface area contributed by atoms with Crippen molar-refractivity contribution in [3.05, 3.63) is 66.0 Å². The highest BCUT2D eigenvalue weighted by molar-refractivity contribution is 5.91. The van der Waals surface area contributed by atoms with Crippen molar-refractivity contribution in [2.75, 3.05) is 6.61 Å². The van der Waals surface area contributed by atoms with E-state index in [1.54, 1.807) is 28.0 Å². The summed E-state index contributed by atoms with van der Waals surface area (Å²) in [7, 11) is 1.86. The van der Waals surface area contributed by atoms with Crippen LogP contribution in [0.2, 0.25) is 0 Å². The second-order valence-corrected chi connectivity index (χ2v) is 5.16. The summed E-state index contributed by atoms with van der Waals surface area (Å²) in [4.78, 5) is 16.2. The lowest BCUT2D eigenvalue weighted by atomic mass is 10.1. The van der Waals surface area contributed by atoms with E-state index in [1.165, 1.54) is 6.33 Å². The first-order valence-electron chi connectivity index (χ1n) is 7.27. The monoisotopic (exact) mass is 311 g/mol. The minimum absolute atomic E-state index is 0.322. The summed E-state index contributed by atoms with van der Waals surface area (Å²) in [6.45, 7) is 0.802. The number of rotatable bonds is 6. The molecule has 7 heteroatoms. The molecule has 118 valence electrons. The Labute approximate surface area is 133 Å². The SMILES string of the molecule is Cn1cc(CCOC(=O)c2ccccc2Cn2cncn2)cn1. The molecule has 7 nitrogen and oxygen atoms in total. The van der Waals surface area contributed by atoms with E-state index in [9.17, 15) is 4.79 Å². The summed E-state index contributed by atoms with van der Waals surface area (Å²) in [5, 5.41) is 8.15. The maximum Gasteiger partial charge on any atom is 0.338 e. The molecule has 23 heavy (non-hydrogen) atoms. The molecule has 0 bridgehead atoms. The summed E-state index contributed by atoms with van der Waals surface area (Å²) in [5.74, 6) is -0.329. The Balaban J connectivity index is 1.62. The second kappa shape index (κ2) is 6.87. The summed E-state index contributed by atoms with van der Waals surface area (Å²) in [5.41, 5.74) is 2.44. The predicted molar refractivity (Wildman–Crippen MR) is 82.8 cm³/mol. The minimum atomic E-state index is -0.329. The smallest absolute Gasteiger partial charge is 0.338 e. The van der Waals surface area contributed by atoms with Crippen molar-refractivity contribution in [1.29, 1.82) is 0 Å². The normalized spacial score (nSPS) is 10.7. The molecule has 0 aliphatic heterocycles. The van der Waals surface area contributed by atoms with Gasteiger partial charge in [0.05, 0.1) is 24.9 Å². The summed E-state index contributed by atoms with van der Waals surface area (Å²) >= 11 is 0. The molecular weight excluding hydrogens is 294 g/mol. The first-order valence-corrected chi connectivity index (χ1v) is 7.27. The molecule has 0 spiro atoms. The van der Waals surface area contributed by atoms with Gasteiger partial charge in [-0.1, -0.05) is 18.2 Å². The first kappa shape index (κ1) is 15.0. The topological polar surface area (TPSA) is 74.8 Å². The van der Waals surface area contributed by atoms with Crippen molar-refractivity contribution < 1.29 is 9.53 Å². The minimum Gasteiger partial charge on any atom is -0.462 e. The lowest BCUT2D eigenvalue weighted by molar-refractivity contribution is 0.0508. The fourth-order valence-electron chi connectivity index (χ4n) is 2.29. The first-order chi connectivity index (χ1) is 11.2. The number of carbonyl (C=O) groups excluding carboxylic acids is 1. The van der Waals surface area contributed by atoms with Gasteiger partial charge in [-0.05, 0) is 17.2 Å². The molecule has 0 unspecified atom stereocenters. The molecule has 0 saturated heterocycles. The van der Waals surface area contributed by atoms with E-state index in [0.717, 1.165) is 11.1 Å². The Morgan fingerprint density at radius 2 is 2.13 bits per heavy atom. The van der Waals surface area contributed by atoms with Gasteiger partial charge in [-0.3, -0.25) is 4.68 Å². The van der Waals surface area contributed by atoms with Gasteiger partial charge in [0.2, 0.25) is 0 Å². The number of esters is 1. The van der Waals surface area contributed by atoms with Crippen molar-refractivity contribution in [1.82, 2.24) is 24.5 Å². The summed E-state index contributed by atoms with van der Waals surface area (Å²) in [6.07, 6.45) is 7.41. The van der Waals surface area contributed by atoms with E-state index in [-0.39, 0.29) is 5.97 Å². The van der Waals surface area contributed by atoms with Crippen LogP contribution >= 0.6 is 0 Å². The van der Waals surface area contributed by atoms with Gasteiger partial charge >= 0.3 is 5.97 Å². The molecule has 1 aromatic carbocycles. The van der Waals surface area contributed by atoms with Gasteiger partial charge in [0.25, 0.3) is 0 Å². The lowest BCUT2D eigenvalue weighted by Crippen LogP contribution is -2.12. The van der Waals surface area contributed by atoms with Crippen LogP contribution in [0.5, 0.6) is 0 Å². The molecule has 0 fully saturated rings. The molecule has 0 aliphatic rings. The average molecular weight is 311 g/mol. The fourth-order valence-corrected chi connectivity index (χ4v) is 2.29. The fraction of sp³-hybridized carbons (Fsp3) is 0.250. The average Bonchev–Trinajstić information content (AvgIpc) is 3.20. The van der Waals surface area contributed by atoms with Gasteiger partial charge in [0, 0.05) is 19.7 Å². The van der Waals surface area contributed by atoms with Gasteiger partial charge in [-0.25, -0.2) is 14.5 Å². The molecule has 0 amide bonds. The molecule has 2 aromatic heterocycles. The van der Waals surface area contributed by atoms with Crippen molar-refractivity contribution >= 4 is 5.97 Å². The maximum atomic E-state index is 12.3. The number of aromatic nitrogens is 5.